The first kappa shape index (κ1) is 12.6. The Hall–Kier alpha value is -0.480. The van der Waals surface area contributed by atoms with Gasteiger partial charge in [0.15, 0.2) is 0 Å². The number of carbonyl (C=O) groups is 1. The third kappa shape index (κ3) is 5.23. The van der Waals surface area contributed by atoms with E-state index >= 15 is 0 Å². The monoisotopic (exact) mass is 287 g/mol. The molecule has 0 atom stereocenters. The van der Waals surface area contributed by atoms with Gasteiger partial charge in [-0.05, 0) is 30.7 Å². The molecular formula is C11H14BrNOS. The molecule has 0 heterocycles. The van der Waals surface area contributed by atoms with Crippen molar-refractivity contribution in [2.24, 2.45) is 0 Å². The van der Waals surface area contributed by atoms with Crippen molar-refractivity contribution in [3.8, 4) is 0 Å². The van der Waals surface area contributed by atoms with Gasteiger partial charge in [0.2, 0.25) is 5.91 Å². The van der Waals surface area contributed by atoms with Gasteiger partial charge < -0.3 is 5.32 Å². The molecule has 0 aromatic heterocycles. The van der Waals surface area contributed by atoms with E-state index in [0.717, 1.165) is 22.3 Å². The van der Waals surface area contributed by atoms with E-state index in [-0.39, 0.29) is 5.91 Å². The topological polar surface area (TPSA) is 29.1 Å². The predicted molar refractivity (Wildman–Crippen MR) is 68.2 cm³/mol. The second kappa shape index (κ2) is 6.90. The summed E-state index contributed by atoms with van der Waals surface area (Å²) in [5.74, 6) is 0.589. The van der Waals surface area contributed by atoms with Gasteiger partial charge in [-0.25, -0.2) is 0 Å². The number of benzene rings is 1. The fraction of sp³-hybridized carbons (Fsp3) is 0.364. The summed E-state index contributed by atoms with van der Waals surface area (Å²) in [7, 11) is 0. The molecule has 0 radical (unpaired) electrons. The first-order chi connectivity index (χ1) is 7.22. The molecule has 2 nitrogen and oxygen atoms in total. The maximum Gasteiger partial charge on any atom is 0.230 e. The highest BCUT2D eigenvalue weighted by Gasteiger charge is 2.01. The molecule has 1 aromatic rings. The van der Waals surface area contributed by atoms with Crippen LogP contribution in [0.1, 0.15) is 13.3 Å². The van der Waals surface area contributed by atoms with Crippen LogP contribution in [0, 0.1) is 0 Å². The molecule has 0 saturated heterocycles. The van der Waals surface area contributed by atoms with Crippen LogP contribution in [0.3, 0.4) is 0 Å². The molecule has 0 bridgehead atoms. The van der Waals surface area contributed by atoms with Gasteiger partial charge in [-0.3, -0.25) is 4.79 Å². The molecule has 1 amide bonds. The summed E-state index contributed by atoms with van der Waals surface area (Å²) in [6, 6.07) is 7.96. The summed E-state index contributed by atoms with van der Waals surface area (Å²) in [5.41, 5.74) is 0. The number of rotatable bonds is 5. The lowest BCUT2D eigenvalue weighted by molar-refractivity contribution is -0.118. The van der Waals surface area contributed by atoms with Crippen LogP contribution in [0.4, 0.5) is 0 Å². The van der Waals surface area contributed by atoms with Crippen molar-refractivity contribution in [3.05, 3.63) is 28.7 Å². The summed E-state index contributed by atoms with van der Waals surface area (Å²) < 4.78 is 1.06. The number of amides is 1. The number of halogens is 1. The fourth-order valence-corrected chi connectivity index (χ4v) is 1.99. The zero-order chi connectivity index (χ0) is 11.1. The van der Waals surface area contributed by atoms with Crippen LogP contribution in [0.25, 0.3) is 0 Å². The van der Waals surface area contributed by atoms with E-state index in [1.807, 2.05) is 31.2 Å². The molecule has 1 aromatic carbocycles. The van der Waals surface area contributed by atoms with Crippen LogP contribution in [0.5, 0.6) is 0 Å². The summed E-state index contributed by atoms with van der Waals surface area (Å²) in [6.45, 7) is 2.81. The van der Waals surface area contributed by atoms with Crippen LogP contribution < -0.4 is 5.32 Å². The quantitative estimate of drug-likeness (QED) is 0.844. The summed E-state index contributed by atoms with van der Waals surface area (Å²) in [5, 5.41) is 2.84. The maximum atomic E-state index is 11.3. The first-order valence-corrected chi connectivity index (χ1v) is 6.65. The minimum absolute atomic E-state index is 0.102. The second-order valence-corrected chi connectivity index (χ2v) is 5.06. The molecule has 1 rings (SSSR count). The van der Waals surface area contributed by atoms with Gasteiger partial charge >= 0.3 is 0 Å². The lowest BCUT2D eigenvalue weighted by Crippen LogP contribution is -2.25. The van der Waals surface area contributed by atoms with E-state index in [4.69, 9.17) is 0 Å². The van der Waals surface area contributed by atoms with Crippen molar-refractivity contribution in [3.63, 3.8) is 0 Å². The minimum Gasteiger partial charge on any atom is -0.355 e. The summed E-state index contributed by atoms with van der Waals surface area (Å²) >= 11 is 4.93. The minimum atomic E-state index is 0.102. The van der Waals surface area contributed by atoms with Crippen molar-refractivity contribution in [2.75, 3.05) is 12.3 Å². The predicted octanol–water partition coefficient (Wildman–Crippen LogP) is 3.07. The van der Waals surface area contributed by atoms with Crippen molar-refractivity contribution < 1.29 is 4.79 Å². The van der Waals surface area contributed by atoms with Crippen molar-refractivity contribution in [2.45, 2.75) is 18.2 Å². The van der Waals surface area contributed by atoms with Crippen molar-refractivity contribution in [1.82, 2.24) is 5.32 Å². The third-order valence-corrected chi connectivity index (χ3v) is 3.30. The molecule has 0 aliphatic heterocycles. The van der Waals surface area contributed by atoms with Gasteiger partial charge in [0.05, 0.1) is 5.75 Å². The number of thioether (sulfide) groups is 1. The van der Waals surface area contributed by atoms with Gasteiger partial charge in [0.25, 0.3) is 0 Å². The van der Waals surface area contributed by atoms with E-state index in [9.17, 15) is 4.79 Å². The number of nitrogens with one attached hydrogen (secondary N) is 1. The molecule has 0 saturated carbocycles. The normalized spacial score (nSPS) is 10.0. The molecule has 0 aliphatic carbocycles. The number of hydrogen-bond acceptors (Lipinski definition) is 2. The van der Waals surface area contributed by atoms with E-state index in [2.05, 4.69) is 21.2 Å². The standard InChI is InChI=1S/C11H14BrNOS/c1-2-7-13-11(14)8-15-10-5-3-9(12)4-6-10/h3-6H,2,7-8H2,1H3,(H,13,14). The summed E-state index contributed by atoms with van der Waals surface area (Å²) in [4.78, 5) is 12.4. The van der Waals surface area contributed by atoms with Crippen LogP contribution >= 0.6 is 27.7 Å². The van der Waals surface area contributed by atoms with Crippen LogP contribution in [-0.4, -0.2) is 18.2 Å². The average Bonchev–Trinajstić information content (AvgIpc) is 2.25. The van der Waals surface area contributed by atoms with Crippen LogP contribution in [0.2, 0.25) is 0 Å². The van der Waals surface area contributed by atoms with E-state index in [0.29, 0.717) is 5.75 Å². The number of hydrogen-bond donors (Lipinski definition) is 1. The molecule has 0 spiro atoms. The smallest absolute Gasteiger partial charge is 0.230 e. The van der Waals surface area contributed by atoms with E-state index < -0.39 is 0 Å². The highest BCUT2D eigenvalue weighted by Crippen LogP contribution is 2.20. The zero-order valence-corrected chi connectivity index (χ0v) is 11.0. The molecule has 1 N–H and O–H groups in total. The van der Waals surface area contributed by atoms with Gasteiger partial charge in [0.1, 0.15) is 0 Å². The van der Waals surface area contributed by atoms with Gasteiger partial charge in [-0.1, -0.05) is 22.9 Å². The zero-order valence-electron chi connectivity index (χ0n) is 8.63. The van der Waals surface area contributed by atoms with Crippen LogP contribution in [0.15, 0.2) is 33.6 Å². The highest BCUT2D eigenvalue weighted by molar-refractivity contribution is 9.10. The molecule has 0 fully saturated rings. The van der Waals surface area contributed by atoms with Gasteiger partial charge in [-0.15, -0.1) is 11.8 Å². The Labute approximate surface area is 103 Å². The highest BCUT2D eigenvalue weighted by atomic mass is 79.9. The summed E-state index contributed by atoms with van der Waals surface area (Å²) in [6.07, 6.45) is 0.981. The fourth-order valence-electron chi connectivity index (χ4n) is 0.995. The Morgan fingerprint density at radius 3 is 2.67 bits per heavy atom. The molecule has 0 aliphatic rings. The first-order valence-electron chi connectivity index (χ1n) is 4.87. The van der Waals surface area contributed by atoms with E-state index in [1.165, 1.54) is 0 Å². The molecule has 4 heteroatoms. The van der Waals surface area contributed by atoms with Crippen molar-refractivity contribution in [1.29, 1.82) is 0 Å². The largest absolute Gasteiger partial charge is 0.355 e. The average molecular weight is 288 g/mol. The Morgan fingerprint density at radius 2 is 2.07 bits per heavy atom. The lowest BCUT2D eigenvalue weighted by atomic mass is 10.4. The third-order valence-electron chi connectivity index (χ3n) is 1.76. The molecular weight excluding hydrogens is 274 g/mol. The van der Waals surface area contributed by atoms with Crippen molar-refractivity contribution >= 4 is 33.6 Å². The SMILES string of the molecule is CCCNC(=O)CSc1ccc(Br)cc1. The Bertz CT molecular complexity index is 313. The van der Waals surface area contributed by atoms with Crippen LogP contribution in [-0.2, 0) is 4.79 Å². The Morgan fingerprint density at radius 1 is 1.40 bits per heavy atom. The Balaban J connectivity index is 2.30. The van der Waals surface area contributed by atoms with E-state index in [1.54, 1.807) is 11.8 Å². The van der Waals surface area contributed by atoms with Gasteiger partial charge in [0, 0.05) is 15.9 Å². The molecule has 82 valence electrons. The Kier molecular flexibility index (Phi) is 5.79. The molecule has 0 unspecified atom stereocenters. The lowest BCUT2D eigenvalue weighted by Gasteiger charge is -2.03. The maximum absolute atomic E-state index is 11.3. The van der Waals surface area contributed by atoms with Gasteiger partial charge in [-0.2, -0.15) is 0 Å². The second-order valence-electron chi connectivity index (χ2n) is 3.09. The molecule has 15 heavy (non-hydrogen) atoms. The number of carbonyl (C=O) groups excluding carboxylic acids is 1.